The molecule has 0 heterocycles. The van der Waals surface area contributed by atoms with Crippen molar-refractivity contribution < 1.29 is 28.6 Å². The molecule has 0 aliphatic rings. The zero-order valence-corrected chi connectivity index (χ0v) is 49.5. The fraction of sp³-hybridized carbons (Fsp3) is 0.671. The SMILES string of the molecule is CC/C=C\C/C=C\C/C=C\C/C=C\C/C=C\C/C=C\C/C=C\CCCCCCCC(=O)OCC(COC(=O)CCCCCCC/C=C\C/C=C\CCC)OC(=O)CCCCCCCCC/C=C\CCCCCCCCC. The Hall–Kier alpha value is -4.19. The Kier molecular flexibility index (Phi) is 59.9. The second-order valence-electron chi connectivity index (χ2n) is 20.6. The highest BCUT2D eigenvalue weighted by molar-refractivity contribution is 5.71. The van der Waals surface area contributed by atoms with Gasteiger partial charge < -0.3 is 14.2 Å². The first-order valence-electron chi connectivity index (χ1n) is 31.5. The summed E-state index contributed by atoms with van der Waals surface area (Å²) in [4.78, 5) is 38.3. The molecular formula is C70H116O6. The molecule has 0 N–H and O–H groups in total. The molecule has 76 heavy (non-hydrogen) atoms. The van der Waals surface area contributed by atoms with Crippen molar-refractivity contribution in [3.05, 3.63) is 122 Å². The van der Waals surface area contributed by atoms with Crippen molar-refractivity contribution in [2.24, 2.45) is 0 Å². The highest BCUT2D eigenvalue weighted by atomic mass is 16.6. The summed E-state index contributed by atoms with van der Waals surface area (Å²) in [5, 5.41) is 0. The van der Waals surface area contributed by atoms with Crippen molar-refractivity contribution in [2.45, 2.75) is 290 Å². The molecule has 0 aromatic rings. The first-order chi connectivity index (χ1) is 37.5. The van der Waals surface area contributed by atoms with Crippen LogP contribution in [0.1, 0.15) is 284 Å². The summed E-state index contributed by atoms with van der Waals surface area (Å²) in [7, 11) is 0. The van der Waals surface area contributed by atoms with Crippen LogP contribution in [-0.2, 0) is 28.6 Å². The number of hydrogen-bond donors (Lipinski definition) is 0. The van der Waals surface area contributed by atoms with Crippen molar-refractivity contribution in [3.8, 4) is 0 Å². The van der Waals surface area contributed by atoms with E-state index in [0.29, 0.717) is 19.3 Å². The summed E-state index contributed by atoms with van der Waals surface area (Å²) in [6.45, 7) is 6.44. The smallest absolute Gasteiger partial charge is 0.306 e. The molecule has 0 radical (unpaired) electrons. The van der Waals surface area contributed by atoms with Gasteiger partial charge in [-0.3, -0.25) is 14.4 Å². The van der Waals surface area contributed by atoms with E-state index < -0.39 is 6.10 Å². The lowest BCUT2D eigenvalue weighted by Gasteiger charge is -2.18. The summed E-state index contributed by atoms with van der Waals surface area (Å²) < 4.78 is 16.9. The molecule has 1 unspecified atom stereocenters. The molecule has 0 saturated heterocycles. The number of esters is 3. The molecule has 0 aromatic heterocycles. The summed E-state index contributed by atoms with van der Waals surface area (Å²) >= 11 is 0. The molecule has 0 spiro atoms. The number of rotatable bonds is 56. The van der Waals surface area contributed by atoms with E-state index in [-0.39, 0.29) is 31.1 Å². The van der Waals surface area contributed by atoms with E-state index in [1.165, 1.54) is 89.9 Å². The average Bonchev–Trinajstić information content (AvgIpc) is 3.42. The first kappa shape index (κ1) is 71.8. The standard InChI is InChI=1S/C70H116O6/c1-4-7-10-13-16-19-22-25-27-29-31-32-33-34-35-36-37-38-39-41-42-45-48-51-54-57-60-63-69(72)75-66-67(65-74-68(71)62-59-56-53-50-47-44-24-21-18-15-12-9-6-3)76-70(73)64-61-58-55-52-49-46-43-40-30-28-26-23-20-17-14-11-8-5-2/h7,10,12,15-16,19,21,24-25,27-28,30-32,34-35,37-38,41-42,67H,4-6,8-9,11,13-14,17-18,20,22-23,26,29,33,36,39-40,43-66H2,1-3H3/b10-7-,15-12-,19-16-,24-21-,27-25-,30-28-,32-31-,35-34-,38-37-,42-41-. The lowest BCUT2D eigenvalue weighted by molar-refractivity contribution is -0.167. The average molecular weight is 1050 g/mol. The van der Waals surface area contributed by atoms with Gasteiger partial charge in [0.05, 0.1) is 0 Å². The molecule has 0 rings (SSSR count). The maximum absolute atomic E-state index is 12.9. The number of hydrogen-bond acceptors (Lipinski definition) is 6. The molecule has 0 aliphatic heterocycles. The van der Waals surface area contributed by atoms with E-state index in [0.717, 1.165) is 154 Å². The van der Waals surface area contributed by atoms with Crippen LogP contribution in [0.5, 0.6) is 0 Å². The fourth-order valence-electron chi connectivity index (χ4n) is 8.46. The lowest BCUT2D eigenvalue weighted by atomic mass is 10.1. The third-order valence-electron chi connectivity index (χ3n) is 13.2. The van der Waals surface area contributed by atoms with Crippen LogP contribution in [0.4, 0.5) is 0 Å². The zero-order chi connectivity index (χ0) is 55.0. The molecular weight excluding hydrogens is 937 g/mol. The summed E-state index contributed by atoms with van der Waals surface area (Å²) in [5.41, 5.74) is 0. The van der Waals surface area contributed by atoms with Gasteiger partial charge in [-0.1, -0.05) is 258 Å². The third kappa shape index (κ3) is 60.7. The van der Waals surface area contributed by atoms with E-state index in [1.54, 1.807) is 0 Å². The topological polar surface area (TPSA) is 78.9 Å². The lowest BCUT2D eigenvalue weighted by Crippen LogP contribution is -2.30. The van der Waals surface area contributed by atoms with Gasteiger partial charge in [0.25, 0.3) is 0 Å². The van der Waals surface area contributed by atoms with Crippen LogP contribution >= 0.6 is 0 Å². The van der Waals surface area contributed by atoms with Gasteiger partial charge in [0.1, 0.15) is 13.2 Å². The first-order valence-corrected chi connectivity index (χ1v) is 31.5. The van der Waals surface area contributed by atoms with Crippen LogP contribution in [0.3, 0.4) is 0 Å². The molecule has 0 amide bonds. The Balaban J connectivity index is 4.39. The quantitative estimate of drug-likeness (QED) is 0.0261. The molecule has 1 atom stereocenters. The number of ether oxygens (including phenoxy) is 3. The van der Waals surface area contributed by atoms with Crippen LogP contribution < -0.4 is 0 Å². The van der Waals surface area contributed by atoms with E-state index in [2.05, 4.69) is 142 Å². The fourth-order valence-corrected chi connectivity index (χ4v) is 8.46. The van der Waals surface area contributed by atoms with E-state index >= 15 is 0 Å². The molecule has 432 valence electrons. The highest BCUT2D eigenvalue weighted by Gasteiger charge is 2.19. The number of unbranched alkanes of at least 4 members (excludes halogenated alkanes) is 25. The van der Waals surface area contributed by atoms with Gasteiger partial charge in [-0.25, -0.2) is 0 Å². The Morgan fingerprint density at radius 2 is 0.539 bits per heavy atom. The van der Waals surface area contributed by atoms with Crippen molar-refractivity contribution >= 4 is 17.9 Å². The second-order valence-corrected chi connectivity index (χ2v) is 20.6. The van der Waals surface area contributed by atoms with Gasteiger partial charge in [0.2, 0.25) is 0 Å². The van der Waals surface area contributed by atoms with E-state index in [1.807, 2.05) is 0 Å². The monoisotopic (exact) mass is 1050 g/mol. The van der Waals surface area contributed by atoms with Gasteiger partial charge in [-0.2, -0.15) is 0 Å². The Labute approximate surface area is 469 Å². The molecule has 6 heteroatoms. The summed E-state index contributed by atoms with van der Waals surface area (Å²) in [6.07, 6.45) is 87.7. The van der Waals surface area contributed by atoms with Crippen LogP contribution in [0.2, 0.25) is 0 Å². The molecule has 0 fully saturated rings. The minimum absolute atomic E-state index is 0.0953. The molecule has 6 nitrogen and oxygen atoms in total. The van der Waals surface area contributed by atoms with Gasteiger partial charge in [0.15, 0.2) is 6.10 Å². The Bertz CT molecular complexity index is 1590. The van der Waals surface area contributed by atoms with Gasteiger partial charge in [-0.05, 0) is 128 Å². The molecule has 0 saturated carbocycles. The zero-order valence-electron chi connectivity index (χ0n) is 49.5. The maximum Gasteiger partial charge on any atom is 0.306 e. The normalized spacial score (nSPS) is 12.9. The number of allylic oxidation sites excluding steroid dienone is 20. The number of carbonyl (C=O) groups excluding carboxylic acids is 3. The van der Waals surface area contributed by atoms with Crippen LogP contribution in [-0.4, -0.2) is 37.2 Å². The van der Waals surface area contributed by atoms with Crippen molar-refractivity contribution in [2.75, 3.05) is 13.2 Å². The van der Waals surface area contributed by atoms with Gasteiger partial charge in [-0.15, -0.1) is 0 Å². The predicted molar refractivity (Wildman–Crippen MR) is 330 cm³/mol. The van der Waals surface area contributed by atoms with E-state index in [4.69, 9.17) is 14.2 Å². The molecule has 0 aliphatic carbocycles. The predicted octanol–water partition coefficient (Wildman–Crippen LogP) is 21.6. The van der Waals surface area contributed by atoms with Crippen LogP contribution in [0.15, 0.2) is 122 Å². The minimum Gasteiger partial charge on any atom is -0.462 e. The Morgan fingerprint density at radius 1 is 0.276 bits per heavy atom. The van der Waals surface area contributed by atoms with Crippen LogP contribution in [0.25, 0.3) is 0 Å². The van der Waals surface area contributed by atoms with Crippen molar-refractivity contribution in [1.29, 1.82) is 0 Å². The van der Waals surface area contributed by atoms with Crippen LogP contribution in [0, 0.1) is 0 Å². The van der Waals surface area contributed by atoms with E-state index in [9.17, 15) is 14.4 Å². The van der Waals surface area contributed by atoms with Gasteiger partial charge in [0, 0.05) is 19.3 Å². The summed E-state index contributed by atoms with van der Waals surface area (Å²) in [5.74, 6) is -0.929. The molecule has 0 bridgehead atoms. The minimum atomic E-state index is -0.798. The highest BCUT2D eigenvalue weighted by Crippen LogP contribution is 2.15. The second kappa shape index (κ2) is 63.3. The maximum atomic E-state index is 12.9. The summed E-state index contributed by atoms with van der Waals surface area (Å²) in [6, 6.07) is 0. The number of carbonyl (C=O) groups is 3. The Morgan fingerprint density at radius 3 is 0.868 bits per heavy atom. The van der Waals surface area contributed by atoms with Gasteiger partial charge >= 0.3 is 17.9 Å². The third-order valence-corrected chi connectivity index (χ3v) is 13.2. The largest absolute Gasteiger partial charge is 0.462 e. The van der Waals surface area contributed by atoms with Crippen molar-refractivity contribution in [1.82, 2.24) is 0 Å². The van der Waals surface area contributed by atoms with Crippen molar-refractivity contribution in [3.63, 3.8) is 0 Å². The molecule has 0 aromatic carbocycles.